The number of rotatable bonds is 6. The lowest BCUT2D eigenvalue weighted by atomic mass is 9.89. The maximum Gasteiger partial charge on any atom is 0.295 e. The standard InChI is InChI=1S/C32H37N2O/c1-20(2)17-23-11-10-12-24(18-21(3)4)31(23)28-19-33(6)32-30-22(5)29(35-7)16-15-26(30)25-13-8-9-14-27(25)34(28)32/h8-16,19-21H,17-18H2,1-7H3/q+1. The Hall–Kier alpha value is -3.33. The number of hydrogen-bond acceptors (Lipinski definition) is 1. The number of pyridine rings is 1. The van der Waals surface area contributed by atoms with Crippen LogP contribution in [0.1, 0.15) is 44.4 Å². The largest absolute Gasteiger partial charge is 0.496 e. The molecule has 2 aromatic heterocycles. The summed E-state index contributed by atoms with van der Waals surface area (Å²) in [6, 6.07) is 20.0. The molecule has 0 radical (unpaired) electrons. The summed E-state index contributed by atoms with van der Waals surface area (Å²) in [7, 11) is 3.94. The molecule has 0 unspecified atom stereocenters. The fourth-order valence-corrected chi connectivity index (χ4v) is 5.81. The second kappa shape index (κ2) is 9.03. The van der Waals surface area contributed by atoms with Crippen LogP contribution in [-0.4, -0.2) is 11.5 Å². The van der Waals surface area contributed by atoms with Crippen molar-refractivity contribution in [3.05, 3.63) is 77.5 Å². The first kappa shape index (κ1) is 23.4. The van der Waals surface area contributed by atoms with E-state index < -0.39 is 0 Å². The molecule has 0 aliphatic heterocycles. The number of aryl methyl sites for hydroxylation is 2. The summed E-state index contributed by atoms with van der Waals surface area (Å²) in [6.07, 6.45) is 4.47. The number of ether oxygens (including phenoxy) is 1. The molecule has 0 amide bonds. The summed E-state index contributed by atoms with van der Waals surface area (Å²) >= 11 is 0. The third-order valence-corrected chi connectivity index (χ3v) is 7.15. The van der Waals surface area contributed by atoms with Crippen molar-refractivity contribution in [3.8, 4) is 17.0 Å². The topological polar surface area (TPSA) is 17.5 Å². The molecule has 0 atom stereocenters. The molecule has 180 valence electrons. The lowest BCUT2D eigenvalue weighted by Crippen LogP contribution is -2.26. The van der Waals surface area contributed by atoms with E-state index in [1.165, 1.54) is 55.3 Å². The number of hydrogen-bond donors (Lipinski definition) is 0. The quantitative estimate of drug-likeness (QED) is 0.188. The highest BCUT2D eigenvalue weighted by molar-refractivity contribution is 6.13. The molecule has 0 bridgehead atoms. The van der Waals surface area contributed by atoms with Crippen molar-refractivity contribution in [2.75, 3.05) is 7.11 Å². The van der Waals surface area contributed by atoms with E-state index in [0.29, 0.717) is 11.8 Å². The van der Waals surface area contributed by atoms with E-state index in [2.05, 4.69) is 111 Å². The molecule has 2 heterocycles. The molecular weight excluding hydrogens is 428 g/mol. The average Bonchev–Trinajstić information content (AvgIpc) is 3.15. The highest BCUT2D eigenvalue weighted by Crippen LogP contribution is 2.39. The average molecular weight is 466 g/mol. The van der Waals surface area contributed by atoms with Gasteiger partial charge in [-0.2, -0.15) is 4.40 Å². The van der Waals surface area contributed by atoms with E-state index in [4.69, 9.17) is 4.74 Å². The van der Waals surface area contributed by atoms with Crippen LogP contribution in [0.4, 0.5) is 0 Å². The Morgan fingerprint density at radius 2 is 1.49 bits per heavy atom. The zero-order valence-corrected chi connectivity index (χ0v) is 22.1. The van der Waals surface area contributed by atoms with Crippen molar-refractivity contribution in [3.63, 3.8) is 0 Å². The number of fused-ring (bicyclic) bond motifs is 6. The van der Waals surface area contributed by atoms with Crippen LogP contribution in [0.15, 0.2) is 60.8 Å². The minimum atomic E-state index is 0.590. The molecule has 5 rings (SSSR count). The minimum absolute atomic E-state index is 0.590. The first-order valence-electron chi connectivity index (χ1n) is 12.8. The number of benzene rings is 3. The second-order valence-corrected chi connectivity index (χ2v) is 10.8. The van der Waals surface area contributed by atoms with Crippen molar-refractivity contribution in [2.24, 2.45) is 18.9 Å². The Labute approximate surface area is 209 Å². The normalized spacial score (nSPS) is 12.0. The van der Waals surface area contributed by atoms with Crippen molar-refractivity contribution in [2.45, 2.75) is 47.5 Å². The zero-order chi connectivity index (χ0) is 24.9. The number of nitrogens with zero attached hydrogens (tertiary/aromatic N) is 2. The minimum Gasteiger partial charge on any atom is -0.496 e. The summed E-state index contributed by atoms with van der Waals surface area (Å²) in [6.45, 7) is 11.4. The number of para-hydroxylation sites is 1. The molecule has 0 aliphatic rings. The van der Waals surface area contributed by atoms with E-state index in [-0.39, 0.29) is 0 Å². The SMILES string of the molecule is COc1ccc2c3ccccc3n3c(-c4c(CC(C)C)cccc4CC(C)C)c[n+](C)c3c2c1C. The molecule has 3 nitrogen and oxygen atoms in total. The first-order valence-corrected chi connectivity index (χ1v) is 12.8. The van der Waals surface area contributed by atoms with Gasteiger partial charge in [0.2, 0.25) is 0 Å². The third-order valence-electron chi connectivity index (χ3n) is 7.15. The highest BCUT2D eigenvalue weighted by atomic mass is 16.5. The number of aromatic nitrogens is 2. The van der Waals surface area contributed by atoms with Crippen molar-refractivity contribution < 1.29 is 9.30 Å². The van der Waals surface area contributed by atoms with E-state index in [9.17, 15) is 0 Å². The summed E-state index contributed by atoms with van der Waals surface area (Å²) in [4.78, 5) is 0. The van der Waals surface area contributed by atoms with Gasteiger partial charge in [-0.1, -0.05) is 64.1 Å². The molecular formula is C32H37N2O+. The summed E-state index contributed by atoms with van der Waals surface area (Å²) in [5.41, 5.74) is 9.17. The smallest absolute Gasteiger partial charge is 0.295 e. The van der Waals surface area contributed by atoms with E-state index in [1.807, 2.05) is 0 Å². The maximum absolute atomic E-state index is 5.75. The van der Waals surface area contributed by atoms with Crippen molar-refractivity contribution in [1.82, 2.24) is 4.40 Å². The summed E-state index contributed by atoms with van der Waals surface area (Å²) < 4.78 is 10.6. The van der Waals surface area contributed by atoms with Crippen LogP contribution in [0, 0.1) is 18.8 Å². The Morgan fingerprint density at radius 3 is 2.11 bits per heavy atom. The Bertz CT molecular complexity index is 1530. The van der Waals surface area contributed by atoms with Gasteiger partial charge in [0, 0.05) is 21.9 Å². The van der Waals surface area contributed by atoms with Crippen LogP contribution in [0.3, 0.4) is 0 Å². The fraction of sp³-hybridized carbons (Fsp3) is 0.344. The van der Waals surface area contributed by atoms with Crippen LogP contribution in [0.25, 0.3) is 38.6 Å². The Morgan fingerprint density at radius 1 is 0.829 bits per heavy atom. The van der Waals surface area contributed by atoms with E-state index >= 15 is 0 Å². The third kappa shape index (κ3) is 3.87. The molecule has 3 heteroatoms. The van der Waals surface area contributed by atoms with Crippen molar-refractivity contribution >= 4 is 27.3 Å². The van der Waals surface area contributed by atoms with Gasteiger partial charge in [0.05, 0.1) is 19.5 Å². The monoisotopic (exact) mass is 465 g/mol. The number of imidazole rings is 1. The summed E-state index contributed by atoms with van der Waals surface area (Å²) in [5, 5.41) is 3.79. The van der Waals surface area contributed by atoms with Crippen LogP contribution >= 0.6 is 0 Å². The lowest BCUT2D eigenvalue weighted by molar-refractivity contribution is -0.643. The fourth-order valence-electron chi connectivity index (χ4n) is 5.81. The second-order valence-electron chi connectivity index (χ2n) is 10.8. The maximum atomic E-state index is 5.75. The molecule has 0 fully saturated rings. The van der Waals surface area contributed by atoms with Crippen LogP contribution in [-0.2, 0) is 19.9 Å². The van der Waals surface area contributed by atoms with Gasteiger partial charge in [-0.3, -0.25) is 0 Å². The molecule has 5 aromatic rings. The van der Waals surface area contributed by atoms with Crippen molar-refractivity contribution in [1.29, 1.82) is 0 Å². The molecule has 3 aromatic carbocycles. The predicted octanol–water partition coefficient (Wildman–Crippen LogP) is 7.45. The molecule has 0 saturated carbocycles. The Balaban J connectivity index is 1.99. The van der Waals surface area contributed by atoms with Gasteiger partial charge in [0.15, 0.2) is 5.69 Å². The molecule has 0 saturated heterocycles. The lowest BCUT2D eigenvalue weighted by Gasteiger charge is -2.16. The first-order chi connectivity index (χ1) is 16.8. The van der Waals surface area contributed by atoms with Crippen LogP contribution in [0.5, 0.6) is 5.75 Å². The molecule has 0 N–H and O–H groups in total. The van der Waals surface area contributed by atoms with Gasteiger partial charge in [-0.05, 0) is 60.9 Å². The zero-order valence-electron chi connectivity index (χ0n) is 22.1. The van der Waals surface area contributed by atoms with Gasteiger partial charge >= 0.3 is 0 Å². The molecule has 35 heavy (non-hydrogen) atoms. The van der Waals surface area contributed by atoms with Gasteiger partial charge in [0.1, 0.15) is 17.5 Å². The van der Waals surface area contributed by atoms with Gasteiger partial charge in [-0.25, -0.2) is 4.57 Å². The Kier molecular flexibility index (Phi) is 6.04. The van der Waals surface area contributed by atoms with Gasteiger partial charge in [-0.15, -0.1) is 0 Å². The molecule has 0 aliphatic carbocycles. The van der Waals surface area contributed by atoms with Gasteiger partial charge in [0.25, 0.3) is 5.65 Å². The van der Waals surface area contributed by atoms with E-state index in [1.54, 1.807) is 7.11 Å². The van der Waals surface area contributed by atoms with Crippen LogP contribution in [0.2, 0.25) is 0 Å². The molecule has 0 spiro atoms. The van der Waals surface area contributed by atoms with Crippen LogP contribution < -0.4 is 9.30 Å². The van der Waals surface area contributed by atoms with E-state index in [0.717, 1.165) is 18.6 Å². The highest BCUT2D eigenvalue weighted by Gasteiger charge is 2.27. The van der Waals surface area contributed by atoms with Gasteiger partial charge < -0.3 is 4.74 Å². The number of methoxy groups -OCH3 is 1. The predicted molar refractivity (Wildman–Crippen MR) is 147 cm³/mol. The summed E-state index contributed by atoms with van der Waals surface area (Å²) in [5.74, 6) is 2.11.